The number of esters is 1. The van der Waals surface area contributed by atoms with E-state index in [1.165, 1.54) is 0 Å². The van der Waals surface area contributed by atoms with Crippen LogP contribution in [0.25, 0.3) is 0 Å². The summed E-state index contributed by atoms with van der Waals surface area (Å²) in [6.07, 6.45) is -1.11. The molecule has 0 aliphatic carbocycles. The summed E-state index contributed by atoms with van der Waals surface area (Å²) in [5, 5.41) is 0. The van der Waals surface area contributed by atoms with Gasteiger partial charge in [-0.2, -0.15) is 0 Å². The Bertz CT molecular complexity index is 822. The molecular weight excluding hydrogens is 398 g/mol. The lowest BCUT2D eigenvalue weighted by Crippen LogP contribution is -2.55. The van der Waals surface area contributed by atoms with Crippen molar-refractivity contribution in [1.82, 2.24) is 4.90 Å². The Morgan fingerprint density at radius 1 is 1.13 bits per heavy atom. The third kappa shape index (κ3) is 5.90. The fourth-order valence-electron chi connectivity index (χ4n) is 3.20. The number of amides is 1. The van der Waals surface area contributed by atoms with Gasteiger partial charge in [-0.1, -0.05) is 0 Å². The highest BCUT2D eigenvalue weighted by Gasteiger charge is 2.32. The molecule has 2 rings (SSSR count). The Hall–Kier alpha value is -2.71. The number of nitrogens with zero attached hydrogens (tertiary/aromatic N) is 2. The zero-order valence-electron chi connectivity index (χ0n) is 18.0. The summed E-state index contributed by atoms with van der Waals surface area (Å²) in [6.45, 7) is 9.61. The number of ketones is 1. The van der Waals surface area contributed by atoms with Gasteiger partial charge >= 0.3 is 12.1 Å². The predicted molar refractivity (Wildman–Crippen MR) is 107 cm³/mol. The third-order valence-corrected chi connectivity index (χ3v) is 4.54. The molecule has 0 N–H and O–H groups in total. The number of ether oxygens (including phenoxy) is 2. The molecule has 1 fully saturated rings. The van der Waals surface area contributed by atoms with E-state index in [2.05, 4.69) is 4.74 Å². The van der Waals surface area contributed by atoms with Gasteiger partial charge in [0.15, 0.2) is 5.78 Å². The second-order valence-corrected chi connectivity index (χ2v) is 8.16. The molecule has 9 heteroatoms. The molecule has 1 aromatic carbocycles. The highest BCUT2D eigenvalue weighted by molar-refractivity contribution is 6.06. The second kappa shape index (κ2) is 9.40. The Kier molecular flexibility index (Phi) is 7.39. The maximum absolute atomic E-state index is 14.7. The van der Waals surface area contributed by atoms with Crippen molar-refractivity contribution in [3.63, 3.8) is 0 Å². The van der Waals surface area contributed by atoms with Crippen LogP contribution in [0.15, 0.2) is 12.1 Å². The van der Waals surface area contributed by atoms with Gasteiger partial charge in [-0.15, -0.1) is 0 Å². The number of piperazine rings is 1. The summed E-state index contributed by atoms with van der Waals surface area (Å²) in [4.78, 5) is 39.0. The maximum Gasteiger partial charge on any atom is 0.410 e. The van der Waals surface area contributed by atoms with Crippen LogP contribution in [0, 0.1) is 11.6 Å². The minimum atomic E-state index is -0.914. The molecule has 0 spiro atoms. The van der Waals surface area contributed by atoms with Crippen molar-refractivity contribution in [3.05, 3.63) is 29.3 Å². The van der Waals surface area contributed by atoms with E-state index in [1.807, 2.05) is 0 Å². The van der Waals surface area contributed by atoms with Crippen molar-refractivity contribution in [3.8, 4) is 0 Å². The summed E-state index contributed by atoms with van der Waals surface area (Å²) in [5.74, 6) is -3.33. The first-order valence-electron chi connectivity index (χ1n) is 9.85. The zero-order valence-corrected chi connectivity index (χ0v) is 18.0. The van der Waals surface area contributed by atoms with Crippen LogP contribution >= 0.6 is 0 Å². The van der Waals surface area contributed by atoms with Crippen molar-refractivity contribution < 1.29 is 32.6 Å². The largest absolute Gasteiger partial charge is 0.466 e. The standard InChI is InChI=1S/C21H28F2N2O5/c1-6-29-19(27)11-18(26)14-9-16(23)17(10-15(14)22)24-7-8-25(13(2)12-24)20(28)30-21(3,4)5/h9-10,13H,6-8,11-12H2,1-5H3. The maximum atomic E-state index is 14.7. The van der Waals surface area contributed by atoms with Crippen LogP contribution in [0.1, 0.15) is 51.4 Å². The number of hydrogen-bond donors (Lipinski definition) is 0. The molecule has 30 heavy (non-hydrogen) atoms. The lowest BCUT2D eigenvalue weighted by atomic mass is 10.1. The van der Waals surface area contributed by atoms with Crippen LogP contribution < -0.4 is 4.90 Å². The third-order valence-electron chi connectivity index (χ3n) is 4.54. The van der Waals surface area contributed by atoms with Crippen LogP contribution in [0.2, 0.25) is 0 Å². The number of benzene rings is 1. The summed E-state index contributed by atoms with van der Waals surface area (Å²) >= 11 is 0. The number of carbonyl (C=O) groups is 3. The Morgan fingerprint density at radius 3 is 2.37 bits per heavy atom. The van der Waals surface area contributed by atoms with Gasteiger partial charge in [0.05, 0.1) is 17.9 Å². The van der Waals surface area contributed by atoms with Gasteiger partial charge in [0.2, 0.25) is 0 Å². The Balaban J connectivity index is 2.12. The van der Waals surface area contributed by atoms with Gasteiger partial charge in [0, 0.05) is 31.7 Å². The van der Waals surface area contributed by atoms with E-state index in [1.54, 1.807) is 44.4 Å². The van der Waals surface area contributed by atoms with E-state index in [-0.39, 0.29) is 38.0 Å². The fraction of sp³-hybridized carbons (Fsp3) is 0.571. The number of halogens is 2. The number of carbonyl (C=O) groups excluding carboxylic acids is 3. The molecule has 0 aromatic heterocycles. The Labute approximate surface area is 174 Å². The molecule has 1 aliphatic heterocycles. The smallest absolute Gasteiger partial charge is 0.410 e. The fourth-order valence-corrected chi connectivity index (χ4v) is 3.20. The first-order valence-corrected chi connectivity index (χ1v) is 9.85. The first kappa shape index (κ1) is 23.6. The van der Waals surface area contributed by atoms with Crippen molar-refractivity contribution in [2.45, 2.75) is 52.7 Å². The SMILES string of the molecule is CCOC(=O)CC(=O)c1cc(F)c(N2CCN(C(=O)OC(C)(C)C)C(C)C2)cc1F. The predicted octanol–water partition coefficient (Wildman–Crippen LogP) is 3.55. The minimum Gasteiger partial charge on any atom is -0.466 e. The summed E-state index contributed by atoms with van der Waals surface area (Å²) < 4.78 is 39.2. The molecule has 1 unspecified atom stereocenters. The number of rotatable bonds is 5. The van der Waals surface area contributed by atoms with Crippen LogP contribution in [-0.4, -0.2) is 60.6 Å². The van der Waals surface area contributed by atoms with Crippen LogP contribution in [-0.2, 0) is 14.3 Å². The molecule has 1 heterocycles. The lowest BCUT2D eigenvalue weighted by molar-refractivity contribution is -0.141. The summed E-state index contributed by atoms with van der Waals surface area (Å²) in [7, 11) is 0. The molecule has 7 nitrogen and oxygen atoms in total. The molecule has 1 saturated heterocycles. The highest BCUT2D eigenvalue weighted by Crippen LogP contribution is 2.27. The van der Waals surface area contributed by atoms with Crippen molar-refractivity contribution in [2.75, 3.05) is 31.1 Å². The molecule has 0 radical (unpaired) electrons. The molecular formula is C21H28F2N2O5. The van der Waals surface area contributed by atoms with Gasteiger partial charge in [0.1, 0.15) is 23.7 Å². The summed E-state index contributed by atoms with van der Waals surface area (Å²) in [6, 6.07) is 1.46. The average molecular weight is 426 g/mol. The molecule has 166 valence electrons. The minimum absolute atomic E-state index is 0.00382. The first-order chi connectivity index (χ1) is 13.9. The number of anilines is 1. The van der Waals surface area contributed by atoms with E-state index in [9.17, 15) is 23.2 Å². The van der Waals surface area contributed by atoms with Gasteiger partial charge in [-0.05, 0) is 40.7 Å². The number of hydrogen-bond acceptors (Lipinski definition) is 6. The summed E-state index contributed by atoms with van der Waals surface area (Å²) in [5.41, 5.74) is -1.13. The van der Waals surface area contributed by atoms with Crippen LogP contribution in [0.3, 0.4) is 0 Å². The van der Waals surface area contributed by atoms with Gasteiger partial charge in [0.25, 0.3) is 0 Å². The molecule has 1 amide bonds. The average Bonchev–Trinajstić information content (AvgIpc) is 2.61. The van der Waals surface area contributed by atoms with Crippen molar-refractivity contribution in [2.24, 2.45) is 0 Å². The van der Waals surface area contributed by atoms with E-state index < -0.39 is 47.1 Å². The van der Waals surface area contributed by atoms with Crippen LogP contribution in [0.5, 0.6) is 0 Å². The lowest BCUT2D eigenvalue weighted by Gasteiger charge is -2.41. The van der Waals surface area contributed by atoms with Gasteiger partial charge in [-0.3, -0.25) is 9.59 Å². The highest BCUT2D eigenvalue weighted by atomic mass is 19.1. The monoisotopic (exact) mass is 426 g/mol. The molecule has 1 aromatic rings. The molecule has 0 saturated carbocycles. The van der Waals surface area contributed by atoms with E-state index in [4.69, 9.17) is 4.74 Å². The topological polar surface area (TPSA) is 76.2 Å². The van der Waals surface area contributed by atoms with E-state index >= 15 is 0 Å². The van der Waals surface area contributed by atoms with Crippen LogP contribution in [0.4, 0.5) is 19.3 Å². The van der Waals surface area contributed by atoms with Crippen molar-refractivity contribution >= 4 is 23.5 Å². The quantitative estimate of drug-likeness (QED) is 0.407. The van der Waals surface area contributed by atoms with Crippen molar-refractivity contribution in [1.29, 1.82) is 0 Å². The zero-order chi connectivity index (χ0) is 22.6. The molecule has 1 aliphatic rings. The van der Waals surface area contributed by atoms with Gasteiger partial charge < -0.3 is 19.3 Å². The molecule has 1 atom stereocenters. The normalized spacial score (nSPS) is 17.0. The van der Waals surface area contributed by atoms with E-state index in [0.717, 1.165) is 12.1 Å². The Morgan fingerprint density at radius 2 is 1.80 bits per heavy atom. The van der Waals surface area contributed by atoms with E-state index in [0.29, 0.717) is 0 Å². The number of Topliss-reactive ketones (excluding diaryl/α,β-unsaturated/α-hetero) is 1. The molecule has 0 bridgehead atoms. The second-order valence-electron chi connectivity index (χ2n) is 8.16. The van der Waals surface area contributed by atoms with Gasteiger partial charge in [-0.25, -0.2) is 13.6 Å².